The Balaban J connectivity index is 1.39. The maximum atomic E-state index is 12.6. The molecular weight excluding hydrogens is 346 g/mol. The lowest BCUT2D eigenvalue weighted by molar-refractivity contribution is 0.0933. The van der Waals surface area contributed by atoms with E-state index in [4.69, 9.17) is 4.74 Å². The van der Waals surface area contributed by atoms with Gasteiger partial charge in [-0.15, -0.1) is 0 Å². The fourth-order valence-electron chi connectivity index (χ4n) is 3.92. The van der Waals surface area contributed by atoms with Gasteiger partial charge in [-0.3, -0.25) is 4.79 Å². The molecule has 4 rings (SSSR count). The first-order chi connectivity index (χ1) is 13.8. The Kier molecular flexibility index (Phi) is 5.91. The largest absolute Gasteiger partial charge is 0.489 e. The van der Waals surface area contributed by atoms with Crippen molar-refractivity contribution in [1.29, 1.82) is 0 Å². The molecule has 1 N–H and O–H groups in total. The highest BCUT2D eigenvalue weighted by molar-refractivity contribution is 5.94. The molecule has 1 aliphatic rings. The van der Waals surface area contributed by atoms with Crippen molar-refractivity contribution < 1.29 is 9.53 Å². The first kappa shape index (κ1) is 18.5. The Morgan fingerprint density at radius 1 is 0.857 bits per heavy atom. The van der Waals surface area contributed by atoms with Gasteiger partial charge >= 0.3 is 0 Å². The molecule has 3 nitrogen and oxygen atoms in total. The van der Waals surface area contributed by atoms with Crippen molar-refractivity contribution >= 4 is 16.7 Å². The van der Waals surface area contributed by atoms with Crippen LogP contribution in [0.3, 0.4) is 0 Å². The van der Waals surface area contributed by atoms with Crippen molar-refractivity contribution in [2.75, 3.05) is 0 Å². The first-order valence-electron chi connectivity index (χ1n) is 10.3. The molecule has 0 unspecified atom stereocenters. The molecule has 1 amide bonds. The van der Waals surface area contributed by atoms with E-state index in [1.165, 1.54) is 31.1 Å². The van der Waals surface area contributed by atoms with E-state index >= 15 is 0 Å². The first-order valence-corrected chi connectivity index (χ1v) is 10.3. The standard InChI is InChI=1S/C25H27NO2/c27-25(26-23-12-3-1-2-4-13-23)22-11-7-8-19(16-22)18-28-24-15-14-20-9-5-6-10-21(20)17-24/h5-11,14-17,23H,1-4,12-13,18H2,(H,26,27). The summed E-state index contributed by atoms with van der Waals surface area (Å²) in [5, 5.41) is 5.58. The van der Waals surface area contributed by atoms with Gasteiger partial charge in [-0.1, -0.05) is 68.1 Å². The number of hydrogen-bond acceptors (Lipinski definition) is 2. The third-order valence-electron chi connectivity index (χ3n) is 5.51. The van der Waals surface area contributed by atoms with Gasteiger partial charge in [0.05, 0.1) is 0 Å². The SMILES string of the molecule is O=C(NC1CCCCCC1)c1cccc(COc2ccc3ccccc3c2)c1. The van der Waals surface area contributed by atoms with Crippen molar-refractivity contribution in [2.45, 2.75) is 51.2 Å². The van der Waals surface area contributed by atoms with Crippen LogP contribution in [0.5, 0.6) is 5.75 Å². The molecule has 0 aliphatic heterocycles. The molecule has 3 aromatic rings. The number of nitrogens with one attached hydrogen (secondary N) is 1. The van der Waals surface area contributed by atoms with Gasteiger partial charge in [0.2, 0.25) is 0 Å². The predicted octanol–water partition coefficient (Wildman–Crippen LogP) is 5.87. The quantitative estimate of drug-likeness (QED) is 0.568. The van der Waals surface area contributed by atoms with Gasteiger partial charge in [0.1, 0.15) is 12.4 Å². The average Bonchev–Trinajstić information content (AvgIpc) is 3.01. The maximum absolute atomic E-state index is 12.6. The third kappa shape index (κ3) is 4.72. The minimum atomic E-state index is 0.0273. The van der Waals surface area contributed by atoms with Gasteiger partial charge in [0.15, 0.2) is 0 Å². The second-order valence-corrected chi connectivity index (χ2v) is 7.66. The van der Waals surface area contributed by atoms with Crippen molar-refractivity contribution in [3.05, 3.63) is 77.9 Å². The Labute approximate surface area is 166 Å². The smallest absolute Gasteiger partial charge is 0.251 e. The summed E-state index contributed by atoms with van der Waals surface area (Å²) in [5.41, 5.74) is 1.71. The summed E-state index contributed by atoms with van der Waals surface area (Å²) in [6, 6.07) is 22.4. The van der Waals surface area contributed by atoms with Crippen LogP contribution in [-0.4, -0.2) is 11.9 Å². The molecule has 0 radical (unpaired) electrons. The Morgan fingerprint density at radius 3 is 2.46 bits per heavy atom. The molecule has 3 heteroatoms. The molecule has 0 saturated heterocycles. The fourth-order valence-corrected chi connectivity index (χ4v) is 3.92. The summed E-state index contributed by atoms with van der Waals surface area (Å²) >= 11 is 0. The highest BCUT2D eigenvalue weighted by Gasteiger charge is 2.16. The summed E-state index contributed by atoms with van der Waals surface area (Å²) < 4.78 is 5.97. The van der Waals surface area contributed by atoms with Crippen LogP contribution in [0.15, 0.2) is 66.7 Å². The topological polar surface area (TPSA) is 38.3 Å². The van der Waals surface area contributed by atoms with Crippen molar-refractivity contribution in [3.63, 3.8) is 0 Å². The normalized spacial score (nSPS) is 15.1. The Bertz CT molecular complexity index is 942. The van der Waals surface area contributed by atoms with Crippen LogP contribution in [0.2, 0.25) is 0 Å². The summed E-state index contributed by atoms with van der Waals surface area (Å²) in [7, 11) is 0. The maximum Gasteiger partial charge on any atom is 0.251 e. The zero-order chi connectivity index (χ0) is 19.2. The molecule has 28 heavy (non-hydrogen) atoms. The van der Waals surface area contributed by atoms with Crippen molar-refractivity contribution in [3.8, 4) is 5.75 Å². The van der Waals surface area contributed by atoms with Crippen LogP contribution in [0.4, 0.5) is 0 Å². The zero-order valence-electron chi connectivity index (χ0n) is 16.2. The Hall–Kier alpha value is -2.81. The number of carbonyl (C=O) groups excluding carboxylic acids is 1. The monoisotopic (exact) mass is 373 g/mol. The second kappa shape index (κ2) is 8.92. The number of amides is 1. The van der Waals surface area contributed by atoms with Crippen LogP contribution >= 0.6 is 0 Å². The van der Waals surface area contributed by atoms with Gasteiger partial charge < -0.3 is 10.1 Å². The van der Waals surface area contributed by atoms with Gasteiger partial charge in [-0.2, -0.15) is 0 Å². The lowest BCUT2D eigenvalue weighted by Crippen LogP contribution is -2.34. The second-order valence-electron chi connectivity index (χ2n) is 7.66. The predicted molar refractivity (Wildman–Crippen MR) is 114 cm³/mol. The summed E-state index contributed by atoms with van der Waals surface area (Å²) in [5.74, 6) is 0.867. The molecule has 0 heterocycles. The number of benzene rings is 3. The summed E-state index contributed by atoms with van der Waals surface area (Å²) in [4.78, 5) is 12.6. The van der Waals surface area contributed by atoms with Crippen molar-refractivity contribution in [2.24, 2.45) is 0 Å². The van der Waals surface area contributed by atoms with E-state index in [1.54, 1.807) is 0 Å². The minimum absolute atomic E-state index is 0.0273. The van der Waals surface area contributed by atoms with E-state index in [0.29, 0.717) is 18.2 Å². The van der Waals surface area contributed by atoms with E-state index in [0.717, 1.165) is 29.5 Å². The van der Waals surface area contributed by atoms with E-state index in [1.807, 2.05) is 42.5 Å². The van der Waals surface area contributed by atoms with Crippen LogP contribution in [0, 0.1) is 0 Å². The molecule has 0 bridgehead atoms. The number of hydrogen-bond donors (Lipinski definition) is 1. The highest BCUT2D eigenvalue weighted by Crippen LogP contribution is 2.22. The van der Waals surface area contributed by atoms with E-state index in [-0.39, 0.29) is 5.91 Å². The highest BCUT2D eigenvalue weighted by atomic mass is 16.5. The number of fused-ring (bicyclic) bond motifs is 1. The summed E-state index contributed by atoms with van der Waals surface area (Å²) in [6.45, 7) is 0.447. The van der Waals surface area contributed by atoms with Crippen LogP contribution in [0.25, 0.3) is 10.8 Å². The minimum Gasteiger partial charge on any atom is -0.489 e. The van der Waals surface area contributed by atoms with E-state index < -0.39 is 0 Å². The third-order valence-corrected chi connectivity index (χ3v) is 5.51. The number of carbonyl (C=O) groups is 1. The zero-order valence-corrected chi connectivity index (χ0v) is 16.2. The van der Waals surface area contributed by atoms with Crippen LogP contribution in [-0.2, 0) is 6.61 Å². The summed E-state index contributed by atoms with van der Waals surface area (Å²) in [6.07, 6.45) is 7.18. The van der Waals surface area contributed by atoms with Crippen LogP contribution < -0.4 is 10.1 Å². The molecule has 3 aromatic carbocycles. The number of ether oxygens (including phenoxy) is 1. The molecule has 1 fully saturated rings. The van der Waals surface area contributed by atoms with Gasteiger partial charge in [-0.05, 0) is 53.4 Å². The molecule has 0 aromatic heterocycles. The van der Waals surface area contributed by atoms with Crippen LogP contribution in [0.1, 0.15) is 54.4 Å². The fraction of sp³-hybridized carbons (Fsp3) is 0.320. The lowest BCUT2D eigenvalue weighted by Gasteiger charge is -2.16. The molecular formula is C25H27NO2. The molecule has 1 saturated carbocycles. The molecule has 0 atom stereocenters. The van der Waals surface area contributed by atoms with Crippen molar-refractivity contribution in [1.82, 2.24) is 5.32 Å². The lowest BCUT2D eigenvalue weighted by atomic mass is 10.1. The van der Waals surface area contributed by atoms with Gasteiger partial charge in [0.25, 0.3) is 5.91 Å². The van der Waals surface area contributed by atoms with E-state index in [9.17, 15) is 4.79 Å². The molecule has 1 aliphatic carbocycles. The Morgan fingerprint density at radius 2 is 1.64 bits per heavy atom. The van der Waals surface area contributed by atoms with Gasteiger partial charge in [-0.25, -0.2) is 0 Å². The average molecular weight is 373 g/mol. The molecule has 0 spiro atoms. The van der Waals surface area contributed by atoms with Gasteiger partial charge in [0, 0.05) is 11.6 Å². The molecule has 144 valence electrons. The van der Waals surface area contributed by atoms with E-state index in [2.05, 4.69) is 29.6 Å². The number of rotatable bonds is 5.